The second-order valence-corrected chi connectivity index (χ2v) is 3.54. The highest BCUT2D eigenvalue weighted by molar-refractivity contribution is 5.67. The molecule has 1 heterocycles. The number of nitrogens with two attached hydrogens (primary N) is 1. The molecule has 4 N–H and O–H groups in total. The Morgan fingerprint density at radius 1 is 1.47 bits per heavy atom. The summed E-state index contributed by atoms with van der Waals surface area (Å²) in [5.41, 5.74) is 8.52. The van der Waals surface area contributed by atoms with Crippen molar-refractivity contribution in [2.75, 3.05) is 0 Å². The highest BCUT2D eigenvalue weighted by atomic mass is 16.3. The number of benzene rings is 1. The van der Waals surface area contributed by atoms with Gasteiger partial charge in [0.2, 0.25) is 0 Å². The molecule has 0 aliphatic carbocycles. The van der Waals surface area contributed by atoms with Crippen LogP contribution in [0.25, 0.3) is 11.1 Å². The number of aromatic nitrogens is 2. The molecule has 4 nitrogen and oxygen atoms in total. The Morgan fingerprint density at radius 2 is 2.27 bits per heavy atom. The molecule has 1 aromatic heterocycles. The summed E-state index contributed by atoms with van der Waals surface area (Å²) >= 11 is 0. The molecule has 0 spiro atoms. The highest BCUT2D eigenvalue weighted by Gasteiger charge is 2.10. The van der Waals surface area contributed by atoms with Crippen LogP contribution in [0.2, 0.25) is 0 Å². The number of nitrogens with zero attached hydrogens (tertiary/aromatic N) is 1. The maximum Gasteiger partial charge on any atom is 0.116 e. The first-order valence-electron chi connectivity index (χ1n) is 4.76. The number of rotatable bonds is 2. The van der Waals surface area contributed by atoms with E-state index in [9.17, 15) is 5.11 Å². The maximum absolute atomic E-state index is 9.38. The Labute approximate surface area is 87.7 Å². The average Bonchev–Trinajstić information content (AvgIpc) is 2.65. The Balaban J connectivity index is 2.49. The van der Waals surface area contributed by atoms with Gasteiger partial charge in [-0.25, -0.2) is 0 Å². The number of H-pyrrole nitrogens is 1. The van der Waals surface area contributed by atoms with E-state index >= 15 is 0 Å². The van der Waals surface area contributed by atoms with Gasteiger partial charge in [-0.3, -0.25) is 5.10 Å². The SMILES string of the molecule is CC(N)c1[nH]ncc1-c1cccc(O)c1. The maximum atomic E-state index is 9.38. The zero-order valence-electron chi connectivity index (χ0n) is 8.44. The molecule has 0 fully saturated rings. The van der Waals surface area contributed by atoms with Gasteiger partial charge in [-0.05, 0) is 24.6 Å². The minimum atomic E-state index is -0.107. The van der Waals surface area contributed by atoms with Gasteiger partial charge in [0, 0.05) is 11.6 Å². The number of phenolic OH excluding ortho intramolecular Hbond substituents is 1. The van der Waals surface area contributed by atoms with E-state index in [0.29, 0.717) is 0 Å². The molecule has 15 heavy (non-hydrogen) atoms. The summed E-state index contributed by atoms with van der Waals surface area (Å²) in [5.74, 6) is 0.240. The second-order valence-electron chi connectivity index (χ2n) is 3.54. The van der Waals surface area contributed by atoms with Crippen molar-refractivity contribution < 1.29 is 5.11 Å². The molecule has 0 saturated carbocycles. The van der Waals surface area contributed by atoms with Crippen LogP contribution in [0.5, 0.6) is 5.75 Å². The van der Waals surface area contributed by atoms with E-state index in [4.69, 9.17) is 5.73 Å². The summed E-state index contributed by atoms with van der Waals surface area (Å²) in [6.07, 6.45) is 1.72. The third-order valence-electron chi connectivity index (χ3n) is 2.28. The number of hydrogen-bond donors (Lipinski definition) is 3. The molecule has 1 atom stereocenters. The summed E-state index contributed by atoms with van der Waals surface area (Å²) in [4.78, 5) is 0. The average molecular weight is 203 g/mol. The van der Waals surface area contributed by atoms with Crippen LogP contribution in [0.4, 0.5) is 0 Å². The van der Waals surface area contributed by atoms with Crippen LogP contribution in [0.3, 0.4) is 0 Å². The topological polar surface area (TPSA) is 74.9 Å². The fraction of sp³-hybridized carbons (Fsp3) is 0.182. The van der Waals surface area contributed by atoms with Crippen molar-refractivity contribution in [2.45, 2.75) is 13.0 Å². The van der Waals surface area contributed by atoms with E-state index < -0.39 is 0 Å². The van der Waals surface area contributed by atoms with Gasteiger partial charge < -0.3 is 10.8 Å². The molecule has 0 aliphatic heterocycles. The molecule has 0 amide bonds. The predicted octanol–water partition coefficient (Wildman–Crippen LogP) is 1.80. The third kappa shape index (κ3) is 1.85. The van der Waals surface area contributed by atoms with Crippen LogP contribution in [-0.4, -0.2) is 15.3 Å². The summed E-state index contributed by atoms with van der Waals surface area (Å²) in [5, 5.41) is 16.2. The van der Waals surface area contributed by atoms with E-state index in [1.165, 1.54) is 0 Å². The van der Waals surface area contributed by atoms with Gasteiger partial charge in [0.05, 0.1) is 11.9 Å². The first kappa shape index (κ1) is 9.73. The molecule has 1 unspecified atom stereocenters. The van der Waals surface area contributed by atoms with Crippen molar-refractivity contribution in [3.05, 3.63) is 36.2 Å². The van der Waals surface area contributed by atoms with E-state index in [2.05, 4.69) is 10.2 Å². The lowest BCUT2D eigenvalue weighted by molar-refractivity contribution is 0.475. The quantitative estimate of drug-likeness (QED) is 0.696. The van der Waals surface area contributed by atoms with Crippen molar-refractivity contribution in [1.82, 2.24) is 10.2 Å². The minimum Gasteiger partial charge on any atom is -0.508 e. The van der Waals surface area contributed by atoms with E-state index in [1.807, 2.05) is 13.0 Å². The largest absolute Gasteiger partial charge is 0.508 e. The molecule has 2 aromatic rings. The Bertz CT molecular complexity index is 462. The number of nitrogens with one attached hydrogen (secondary N) is 1. The van der Waals surface area contributed by atoms with Crippen molar-refractivity contribution >= 4 is 0 Å². The third-order valence-corrected chi connectivity index (χ3v) is 2.28. The summed E-state index contributed by atoms with van der Waals surface area (Å²) in [6.45, 7) is 1.89. The lowest BCUT2D eigenvalue weighted by Gasteiger charge is -2.06. The molecular weight excluding hydrogens is 190 g/mol. The van der Waals surface area contributed by atoms with Crippen LogP contribution >= 0.6 is 0 Å². The first-order chi connectivity index (χ1) is 7.18. The van der Waals surface area contributed by atoms with Gasteiger partial charge in [0.1, 0.15) is 5.75 Å². The Morgan fingerprint density at radius 3 is 2.93 bits per heavy atom. The zero-order valence-corrected chi connectivity index (χ0v) is 8.44. The van der Waals surface area contributed by atoms with E-state index in [-0.39, 0.29) is 11.8 Å². The van der Waals surface area contributed by atoms with Gasteiger partial charge in [0.15, 0.2) is 0 Å². The monoisotopic (exact) mass is 203 g/mol. The number of aromatic hydroxyl groups is 1. The number of hydrogen-bond acceptors (Lipinski definition) is 3. The number of aromatic amines is 1. The summed E-state index contributed by atoms with van der Waals surface area (Å²) in [6, 6.07) is 6.93. The van der Waals surface area contributed by atoms with Crippen LogP contribution in [-0.2, 0) is 0 Å². The van der Waals surface area contributed by atoms with Crippen LogP contribution in [0.1, 0.15) is 18.7 Å². The van der Waals surface area contributed by atoms with Crippen molar-refractivity contribution in [2.24, 2.45) is 5.73 Å². The fourth-order valence-electron chi connectivity index (χ4n) is 1.55. The summed E-state index contributed by atoms with van der Waals surface area (Å²) in [7, 11) is 0. The van der Waals surface area contributed by atoms with Crippen LogP contribution in [0, 0.1) is 0 Å². The lowest BCUT2D eigenvalue weighted by atomic mass is 10.0. The molecule has 4 heteroatoms. The Kier molecular flexibility index (Phi) is 2.43. The molecule has 2 rings (SSSR count). The van der Waals surface area contributed by atoms with Crippen molar-refractivity contribution in [3.8, 4) is 16.9 Å². The van der Waals surface area contributed by atoms with Gasteiger partial charge in [-0.1, -0.05) is 12.1 Å². The smallest absolute Gasteiger partial charge is 0.116 e. The van der Waals surface area contributed by atoms with Crippen molar-refractivity contribution in [1.29, 1.82) is 0 Å². The number of phenols is 1. The Hall–Kier alpha value is -1.81. The van der Waals surface area contributed by atoms with Crippen LogP contribution in [0.15, 0.2) is 30.5 Å². The van der Waals surface area contributed by atoms with Gasteiger partial charge in [-0.2, -0.15) is 5.10 Å². The minimum absolute atomic E-state index is 0.107. The predicted molar refractivity (Wildman–Crippen MR) is 58.3 cm³/mol. The standard InChI is InChI=1S/C11H13N3O/c1-7(12)11-10(6-13-14-11)8-3-2-4-9(15)5-8/h2-7,15H,12H2,1H3,(H,13,14). The summed E-state index contributed by atoms with van der Waals surface area (Å²) < 4.78 is 0. The normalized spacial score (nSPS) is 12.7. The molecule has 0 saturated heterocycles. The van der Waals surface area contributed by atoms with Gasteiger partial charge in [0.25, 0.3) is 0 Å². The zero-order chi connectivity index (χ0) is 10.8. The van der Waals surface area contributed by atoms with Gasteiger partial charge in [-0.15, -0.1) is 0 Å². The molecule has 78 valence electrons. The van der Waals surface area contributed by atoms with E-state index in [0.717, 1.165) is 16.8 Å². The molecule has 0 bridgehead atoms. The highest BCUT2D eigenvalue weighted by Crippen LogP contribution is 2.27. The van der Waals surface area contributed by atoms with Gasteiger partial charge >= 0.3 is 0 Å². The lowest BCUT2D eigenvalue weighted by Crippen LogP contribution is -2.06. The first-order valence-corrected chi connectivity index (χ1v) is 4.76. The van der Waals surface area contributed by atoms with Crippen LogP contribution < -0.4 is 5.73 Å². The molecule has 1 aromatic carbocycles. The molecular formula is C11H13N3O. The molecule has 0 aliphatic rings. The fourth-order valence-corrected chi connectivity index (χ4v) is 1.55. The molecule has 0 radical (unpaired) electrons. The van der Waals surface area contributed by atoms with E-state index in [1.54, 1.807) is 24.4 Å². The second kappa shape index (κ2) is 3.74. The van der Waals surface area contributed by atoms with Crippen molar-refractivity contribution in [3.63, 3.8) is 0 Å².